The quantitative estimate of drug-likeness (QED) is 0.437. The molecule has 9 heteroatoms. The van der Waals surface area contributed by atoms with Crippen LogP contribution in [0.4, 0.5) is 4.79 Å². The third-order valence-electron chi connectivity index (χ3n) is 3.62. The average Bonchev–Trinajstić information content (AvgIpc) is 2.49. The molecule has 0 saturated carbocycles. The van der Waals surface area contributed by atoms with Gasteiger partial charge >= 0.3 is 17.6 Å². The van der Waals surface area contributed by atoms with Crippen LogP contribution in [0.5, 0.6) is 0 Å². The first kappa shape index (κ1) is 23.7. The number of hydrogen-bond donors (Lipinski definition) is 1. The molecule has 0 radical (unpaired) electrons. The van der Waals surface area contributed by atoms with E-state index in [-0.39, 0.29) is 0 Å². The number of carbonyl (C=O) groups is 2. The van der Waals surface area contributed by atoms with Crippen LogP contribution in [-0.4, -0.2) is 33.7 Å². The zero-order valence-corrected chi connectivity index (χ0v) is 17.9. The van der Waals surface area contributed by atoms with E-state index in [2.05, 4.69) is 5.32 Å². The van der Waals surface area contributed by atoms with Gasteiger partial charge in [-0.3, -0.25) is 10.1 Å². The average molecular weight is 415 g/mol. The van der Waals surface area contributed by atoms with Crippen LogP contribution < -0.4 is 5.32 Å². The lowest BCUT2D eigenvalue weighted by Crippen LogP contribution is -2.57. The molecule has 1 aromatic rings. The number of nitrogens with one attached hydrogen (secondary N) is 1. The molecule has 0 saturated heterocycles. The molecule has 2 atom stereocenters. The third-order valence-corrected chi connectivity index (χ3v) is 3.87. The molecule has 8 nitrogen and oxygen atoms in total. The summed E-state index contributed by atoms with van der Waals surface area (Å²) in [6.45, 7) is 10.9. The Hall–Kier alpha value is -2.35. The van der Waals surface area contributed by atoms with Gasteiger partial charge in [-0.2, -0.15) is 0 Å². The minimum atomic E-state index is -2.31. The number of carbonyl (C=O) groups excluding carboxylic acids is 2. The Morgan fingerprint density at radius 2 is 1.46 bits per heavy atom. The van der Waals surface area contributed by atoms with Gasteiger partial charge in [-0.25, -0.2) is 9.59 Å². The Kier molecular flexibility index (Phi) is 7.06. The maximum atomic E-state index is 12.8. The predicted octanol–water partition coefficient (Wildman–Crippen LogP) is 4.28. The third kappa shape index (κ3) is 6.37. The number of amides is 1. The van der Waals surface area contributed by atoms with E-state index in [9.17, 15) is 19.7 Å². The van der Waals surface area contributed by atoms with Crippen molar-refractivity contribution < 1.29 is 24.0 Å². The number of alkyl carbamates (subject to hydrolysis) is 1. The number of esters is 1. The molecule has 0 aliphatic heterocycles. The van der Waals surface area contributed by atoms with Gasteiger partial charge in [0.1, 0.15) is 17.2 Å². The zero-order valence-electron chi connectivity index (χ0n) is 17.2. The second-order valence-corrected chi connectivity index (χ2v) is 8.97. The molecule has 156 valence electrons. The Balaban J connectivity index is 3.43. The number of nitrogens with zero attached hydrogens (tertiary/aromatic N) is 1. The second-order valence-electron chi connectivity index (χ2n) is 8.54. The standard InChI is InChI=1S/C19H27ClN2O6/c1-17(2,3)27-15(23)19(7,22(25)26)14(12-8-10-13(20)11-9-12)21-16(24)28-18(4,5)6/h8-11,14H,1-7H3,(H,21,24). The molecular weight excluding hydrogens is 388 g/mol. The highest BCUT2D eigenvalue weighted by atomic mass is 35.5. The first-order chi connectivity index (χ1) is 12.6. The zero-order chi connectivity index (χ0) is 21.9. The topological polar surface area (TPSA) is 108 Å². The molecule has 1 rings (SSSR count). The van der Waals surface area contributed by atoms with Crippen molar-refractivity contribution in [3.63, 3.8) is 0 Å². The lowest BCUT2D eigenvalue weighted by molar-refractivity contribution is -0.557. The molecule has 2 unspecified atom stereocenters. The Morgan fingerprint density at radius 3 is 1.86 bits per heavy atom. The molecule has 1 aromatic carbocycles. The summed E-state index contributed by atoms with van der Waals surface area (Å²) >= 11 is 5.90. The van der Waals surface area contributed by atoms with E-state index in [0.29, 0.717) is 10.6 Å². The molecule has 1 amide bonds. The van der Waals surface area contributed by atoms with Gasteiger partial charge < -0.3 is 14.8 Å². The van der Waals surface area contributed by atoms with Crippen LogP contribution in [0.2, 0.25) is 5.02 Å². The van der Waals surface area contributed by atoms with E-state index in [1.54, 1.807) is 41.5 Å². The number of halogens is 1. The minimum Gasteiger partial charge on any atom is -0.455 e. The van der Waals surface area contributed by atoms with E-state index in [0.717, 1.165) is 6.92 Å². The first-order valence-corrected chi connectivity index (χ1v) is 9.07. The minimum absolute atomic E-state index is 0.306. The highest BCUT2D eigenvalue weighted by Crippen LogP contribution is 2.32. The van der Waals surface area contributed by atoms with Crippen molar-refractivity contribution in [1.82, 2.24) is 5.32 Å². The number of rotatable bonds is 5. The summed E-state index contributed by atoms with van der Waals surface area (Å²) in [5, 5.41) is 14.8. The van der Waals surface area contributed by atoms with Gasteiger partial charge in [0.2, 0.25) is 0 Å². The highest BCUT2D eigenvalue weighted by Gasteiger charge is 2.57. The van der Waals surface area contributed by atoms with Crippen molar-refractivity contribution >= 4 is 23.7 Å². The SMILES string of the molecule is CC(C)(C)OC(=O)NC(c1ccc(Cl)cc1)C(C)(C(=O)OC(C)(C)C)[N+](=O)[O-]. The van der Waals surface area contributed by atoms with Gasteiger partial charge in [0, 0.05) is 16.9 Å². The molecule has 28 heavy (non-hydrogen) atoms. The van der Waals surface area contributed by atoms with Crippen molar-refractivity contribution in [2.45, 2.75) is 71.2 Å². The fourth-order valence-electron chi connectivity index (χ4n) is 2.31. The van der Waals surface area contributed by atoms with Gasteiger partial charge in [-0.05, 0) is 59.2 Å². The summed E-state index contributed by atoms with van der Waals surface area (Å²) < 4.78 is 10.5. The van der Waals surface area contributed by atoms with Gasteiger partial charge in [0.05, 0.1) is 0 Å². The van der Waals surface area contributed by atoms with Gasteiger partial charge in [0.25, 0.3) is 0 Å². The largest absolute Gasteiger partial charge is 0.455 e. The summed E-state index contributed by atoms with van der Waals surface area (Å²) in [4.78, 5) is 36.4. The first-order valence-electron chi connectivity index (χ1n) is 8.69. The molecule has 0 heterocycles. The Labute approximate surface area is 169 Å². The number of ether oxygens (including phenoxy) is 2. The van der Waals surface area contributed by atoms with Gasteiger partial charge in [0.15, 0.2) is 0 Å². The number of nitro groups is 1. The summed E-state index contributed by atoms with van der Waals surface area (Å²) in [6, 6.07) is 4.66. The van der Waals surface area contributed by atoms with Gasteiger partial charge in [-0.15, -0.1) is 0 Å². The molecule has 0 spiro atoms. The fraction of sp³-hybridized carbons (Fsp3) is 0.579. The van der Waals surface area contributed by atoms with Gasteiger partial charge in [-0.1, -0.05) is 23.7 Å². The van der Waals surface area contributed by atoms with Crippen molar-refractivity contribution in [2.75, 3.05) is 0 Å². The summed E-state index contributed by atoms with van der Waals surface area (Å²) in [5.74, 6) is -1.08. The monoisotopic (exact) mass is 414 g/mol. The molecule has 0 fully saturated rings. The van der Waals surface area contributed by atoms with Crippen LogP contribution in [0.3, 0.4) is 0 Å². The van der Waals surface area contributed by atoms with Crippen LogP contribution >= 0.6 is 11.6 Å². The molecule has 0 aliphatic carbocycles. The smallest absolute Gasteiger partial charge is 0.408 e. The van der Waals surface area contributed by atoms with Crippen LogP contribution in [0.25, 0.3) is 0 Å². The molecule has 0 aliphatic rings. The maximum absolute atomic E-state index is 12.8. The van der Waals surface area contributed by atoms with E-state index in [1.165, 1.54) is 24.3 Å². The van der Waals surface area contributed by atoms with Crippen molar-refractivity contribution in [2.24, 2.45) is 0 Å². The number of hydrogen-bond acceptors (Lipinski definition) is 6. The van der Waals surface area contributed by atoms with Crippen LogP contribution in [-0.2, 0) is 14.3 Å². The van der Waals surface area contributed by atoms with Crippen LogP contribution in [0, 0.1) is 10.1 Å². The summed E-state index contributed by atoms with van der Waals surface area (Å²) in [7, 11) is 0. The van der Waals surface area contributed by atoms with E-state index in [1.807, 2.05) is 0 Å². The van der Waals surface area contributed by atoms with Crippen LogP contribution in [0.1, 0.15) is 60.1 Å². The summed E-state index contributed by atoms with van der Waals surface area (Å²) in [5.41, 5.74) is -3.78. The maximum Gasteiger partial charge on any atom is 0.408 e. The van der Waals surface area contributed by atoms with Crippen molar-refractivity contribution in [3.05, 3.63) is 45.0 Å². The normalized spacial score (nSPS) is 15.1. The lowest BCUT2D eigenvalue weighted by Gasteiger charge is -2.32. The van der Waals surface area contributed by atoms with Crippen molar-refractivity contribution in [1.29, 1.82) is 0 Å². The lowest BCUT2D eigenvalue weighted by atomic mass is 9.87. The van der Waals surface area contributed by atoms with Crippen LogP contribution in [0.15, 0.2) is 24.3 Å². The summed E-state index contributed by atoms with van der Waals surface area (Å²) in [6.07, 6.45) is -0.899. The van der Waals surface area contributed by atoms with E-state index >= 15 is 0 Å². The predicted molar refractivity (Wildman–Crippen MR) is 105 cm³/mol. The fourth-order valence-corrected chi connectivity index (χ4v) is 2.43. The van der Waals surface area contributed by atoms with E-state index < -0.39 is 39.8 Å². The highest BCUT2D eigenvalue weighted by molar-refractivity contribution is 6.30. The molecule has 1 N–H and O–H groups in total. The molecule has 0 bridgehead atoms. The number of benzene rings is 1. The molecule has 0 aromatic heterocycles. The Bertz CT molecular complexity index is 736. The second kappa shape index (κ2) is 8.34. The van der Waals surface area contributed by atoms with Crippen molar-refractivity contribution in [3.8, 4) is 0 Å². The molecular formula is C19H27ClN2O6. The van der Waals surface area contributed by atoms with E-state index in [4.69, 9.17) is 21.1 Å². The Morgan fingerprint density at radius 1 is 1.00 bits per heavy atom.